The Kier molecular flexibility index (Phi) is 4.57. The van der Waals surface area contributed by atoms with Crippen LogP contribution >= 0.6 is 0 Å². The number of hydrogen-bond acceptors (Lipinski definition) is 5. The summed E-state index contributed by atoms with van der Waals surface area (Å²) in [6.07, 6.45) is 1.24. The highest BCUT2D eigenvalue weighted by Crippen LogP contribution is 2.31. The minimum Gasteiger partial charge on any atom is -0.490 e. The van der Waals surface area contributed by atoms with Crippen molar-refractivity contribution in [3.05, 3.63) is 29.1 Å². The number of hydrogen-bond donors (Lipinski definition) is 2. The molecule has 0 atom stereocenters. The molecule has 1 amide bonds. The second-order valence-corrected chi connectivity index (χ2v) is 7.05. The number of ether oxygens (including phenoxy) is 1. The molecular weight excluding hydrogens is 331 g/mol. The van der Waals surface area contributed by atoms with E-state index >= 15 is 0 Å². The van der Waals surface area contributed by atoms with Gasteiger partial charge in [0.1, 0.15) is 11.6 Å². The molecule has 0 spiro atoms. The molecular formula is C13H15FN2O6S. The predicted octanol–water partition coefficient (Wildman–Crippen LogP) is 0.601. The first-order valence-electron chi connectivity index (χ1n) is 6.60. The van der Waals surface area contributed by atoms with Crippen LogP contribution < -0.4 is 9.46 Å². The van der Waals surface area contributed by atoms with Gasteiger partial charge in [0, 0.05) is 14.1 Å². The molecule has 0 bridgehead atoms. The summed E-state index contributed by atoms with van der Waals surface area (Å²) in [5, 5.41) is 8.93. The Bertz CT molecular complexity index is 758. The molecule has 126 valence electrons. The smallest absolute Gasteiger partial charge is 0.338 e. The van der Waals surface area contributed by atoms with Crippen LogP contribution in [0, 0.1) is 5.82 Å². The van der Waals surface area contributed by atoms with Crippen molar-refractivity contribution in [2.24, 2.45) is 0 Å². The normalized spacial score (nSPS) is 14.6. The number of carboxylic acid groups (broad SMARTS) is 1. The maximum atomic E-state index is 13.8. The summed E-state index contributed by atoms with van der Waals surface area (Å²) in [6.45, 7) is 0. The van der Waals surface area contributed by atoms with Gasteiger partial charge in [0.15, 0.2) is 0 Å². The molecule has 1 aliphatic rings. The Balaban J connectivity index is 2.41. The summed E-state index contributed by atoms with van der Waals surface area (Å²) in [5.41, 5.74) is -1.04. The fourth-order valence-corrected chi connectivity index (χ4v) is 2.15. The van der Waals surface area contributed by atoms with Crippen molar-refractivity contribution >= 4 is 22.1 Å². The molecule has 23 heavy (non-hydrogen) atoms. The van der Waals surface area contributed by atoms with Gasteiger partial charge in [0.05, 0.1) is 17.2 Å². The summed E-state index contributed by atoms with van der Waals surface area (Å²) in [7, 11) is -1.65. The lowest BCUT2D eigenvalue weighted by molar-refractivity contribution is 0.0690. The van der Waals surface area contributed by atoms with Crippen LogP contribution in [-0.2, 0) is 10.2 Å². The number of benzene rings is 1. The zero-order valence-corrected chi connectivity index (χ0v) is 13.2. The van der Waals surface area contributed by atoms with Crippen LogP contribution in [-0.4, -0.2) is 49.9 Å². The van der Waals surface area contributed by atoms with Crippen LogP contribution in [0.4, 0.5) is 4.39 Å². The van der Waals surface area contributed by atoms with E-state index in [1.54, 1.807) is 4.72 Å². The van der Waals surface area contributed by atoms with Crippen molar-refractivity contribution in [1.82, 2.24) is 9.03 Å². The number of halogens is 1. The second kappa shape index (κ2) is 6.13. The van der Waals surface area contributed by atoms with Crippen LogP contribution in [0.15, 0.2) is 12.1 Å². The number of carboxylic acids is 1. The van der Waals surface area contributed by atoms with E-state index in [4.69, 9.17) is 9.84 Å². The van der Waals surface area contributed by atoms with Crippen LogP contribution in [0.2, 0.25) is 0 Å². The summed E-state index contributed by atoms with van der Waals surface area (Å²) in [5.74, 6) is -3.95. The first-order valence-corrected chi connectivity index (χ1v) is 8.04. The molecule has 0 heterocycles. The number of carbonyl (C=O) groups excluding carboxylic acids is 1. The van der Waals surface area contributed by atoms with E-state index in [0.717, 1.165) is 23.2 Å². The summed E-state index contributed by atoms with van der Waals surface area (Å²) in [4.78, 5) is 23.1. The molecule has 0 saturated heterocycles. The number of carbonyl (C=O) groups is 2. The topological polar surface area (TPSA) is 113 Å². The van der Waals surface area contributed by atoms with Crippen molar-refractivity contribution in [2.75, 3.05) is 14.1 Å². The van der Waals surface area contributed by atoms with Gasteiger partial charge in [-0.25, -0.2) is 13.9 Å². The van der Waals surface area contributed by atoms with Gasteiger partial charge in [-0.3, -0.25) is 4.79 Å². The van der Waals surface area contributed by atoms with E-state index in [1.165, 1.54) is 14.1 Å². The fourth-order valence-electron chi connectivity index (χ4n) is 1.62. The summed E-state index contributed by atoms with van der Waals surface area (Å²) >= 11 is 0. The van der Waals surface area contributed by atoms with E-state index in [0.29, 0.717) is 6.07 Å². The maximum Gasteiger partial charge on any atom is 0.338 e. The number of nitrogens with one attached hydrogen (secondary N) is 1. The van der Waals surface area contributed by atoms with Crippen molar-refractivity contribution in [3.8, 4) is 5.75 Å². The van der Waals surface area contributed by atoms with Gasteiger partial charge in [-0.15, -0.1) is 0 Å². The Labute approximate surface area is 132 Å². The van der Waals surface area contributed by atoms with Crippen LogP contribution in [0.25, 0.3) is 0 Å². The molecule has 1 aromatic carbocycles. The molecule has 1 aliphatic carbocycles. The van der Waals surface area contributed by atoms with E-state index < -0.39 is 33.5 Å². The zero-order chi connectivity index (χ0) is 17.4. The molecule has 10 heteroatoms. The molecule has 2 N–H and O–H groups in total. The SMILES string of the molecule is CN(C)S(=O)(=O)NC(=O)c1cc(F)c(C(=O)O)cc1OC1CC1. The Morgan fingerprint density at radius 1 is 1.30 bits per heavy atom. The summed E-state index contributed by atoms with van der Waals surface area (Å²) < 4.78 is 45.1. The van der Waals surface area contributed by atoms with E-state index in [9.17, 15) is 22.4 Å². The zero-order valence-electron chi connectivity index (χ0n) is 12.4. The van der Waals surface area contributed by atoms with Gasteiger partial charge in [0.25, 0.3) is 5.91 Å². The van der Waals surface area contributed by atoms with Crippen molar-refractivity contribution in [3.63, 3.8) is 0 Å². The van der Waals surface area contributed by atoms with Crippen molar-refractivity contribution in [2.45, 2.75) is 18.9 Å². The number of amides is 1. The minimum atomic E-state index is -4.08. The first kappa shape index (κ1) is 17.2. The highest BCUT2D eigenvalue weighted by molar-refractivity contribution is 7.87. The number of nitrogens with zero attached hydrogens (tertiary/aromatic N) is 1. The lowest BCUT2D eigenvalue weighted by Crippen LogP contribution is -2.39. The molecule has 2 rings (SSSR count). The second-order valence-electron chi connectivity index (χ2n) is 5.17. The molecule has 0 unspecified atom stereocenters. The van der Waals surface area contributed by atoms with Crippen molar-refractivity contribution < 1.29 is 32.2 Å². The van der Waals surface area contributed by atoms with Crippen molar-refractivity contribution in [1.29, 1.82) is 0 Å². The first-order chi connectivity index (χ1) is 10.6. The standard InChI is InChI=1S/C13H15FN2O6S/c1-16(2)23(20,21)15-12(17)9-5-10(14)8(13(18)19)6-11(9)22-7-3-4-7/h5-7H,3-4H2,1-2H3,(H,15,17)(H,18,19). The predicted molar refractivity (Wildman–Crippen MR) is 77.1 cm³/mol. The minimum absolute atomic E-state index is 0.169. The molecule has 0 aliphatic heterocycles. The lowest BCUT2D eigenvalue weighted by Gasteiger charge is -2.15. The third-order valence-electron chi connectivity index (χ3n) is 3.06. The van der Waals surface area contributed by atoms with E-state index in [2.05, 4.69) is 0 Å². The van der Waals surface area contributed by atoms with Gasteiger partial charge in [-0.1, -0.05) is 0 Å². The van der Waals surface area contributed by atoms with Gasteiger partial charge in [-0.05, 0) is 25.0 Å². The molecule has 0 radical (unpaired) electrons. The molecule has 8 nitrogen and oxygen atoms in total. The van der Waals surface area contributed by atoms with Gasteiger partial charge < -0.3 is 9.84 Å². The molecule has 1 fully saturated rings. The van der Waals surface area contributed by atoms with E-state index in [1.807, 2.05) is 0 Å². The molecule has 1 saturated carbocycles. The highest BCUT2D eigenvalue weighted by Gasteiger charge is 2.29. The van der Waals surface area contributed by atoms with E-state index in [-0.39, 0.29) is 17.4 Å². The largest absolute Gasteiger partial charge is 0.490 e. The number of rotatable bonds is 6. The average molecular weight is 346 g/mol. The summed E-state index contributed by atoms with van der Waals surface area (Å²) in [6, 6.07) is 1.54. The van der Waals surface area contributed by atoms with Crippen LogP contribution in [0.1, 0.15) is 33.6 Å². The lowest BCUT2D eigenvalue weighted by atomic mass is 10.1. The quantitative estimate of drug-likeness (QED) is 0.780. The highest BCUT2D eigenvalue weighted by atomic mass is 32.2. The average Bonchev–Trinajstić information content (AvgIpc) is 3.23. The molecule has 1 aromatic rings. The third-order valence-corrected chi connectivity index (χ3v) is 4.47. The number of aromatic carboxylic acids is 1. The molecule has 0 aromatic heterocycles. The van der Waals surface area contributed by atoms with Gasteiger partial charge in [-0.2, -0.15) is 12.7 Å². The van der Waals surface area contributed by atoms with Crippen LogP contribution in [0.5, 0.6) is 5.75 Å². The fraction of sp³-hybridized carbons (Fsp3) is 0.385. The van der Waals surface area contributed by atoms with Crippen LogP contribution in [0.3, 0.4) is 0 Å². The third kappa shape index (κ3) is 3.96. The van der Waals surface area contributed by atoms with Gasteiger partial charge >= 0.3 is 16.2 Å². The maximum absolute atomic E-state index is 13.8. The Hall–Kier alpha value is -2.20. The Morgan fingerprint density at radius 3 is 2.39 bits per heavy atom. The monoisotopic (exact) mass is 346 g/mol. The Morgan fingerprint density at radius 2 is 1.91 bits per heavy atom. The van der Waals surface area contributed by atoms with Gasteiger partial charge in [0.2, 0.25) is 0 Å².